The second-order valence-corrected chi connectivity index (χ2v) is 6.23. The lowest BCUT2D eigenvalue weighted by atomic mass is 10.1. The molecule has 1 fully saturated rings. The van der Waals surface area contributed by atoms with E-state index in [1.165, 1.54) is 4.90 Å². The van der Waals surface area contributed by atoms with E-state index in [9.17, 15) is 13.2 Å². The van der Waals surface area contributed by atoms with Gasteiger partial charge in [-0.05, 0) is 13.8 Å². The van der Waals surface area contributed by atoms with E-state index < -0.39 is 20.8 Å². The lowest BCUT2D eigenvalue weighted by molar-refractivity contribution is -0.133. The van der Waals surface area contributed by atoms with Gasteiger partial charge in [-0.15, -0.1) is 0 Å². The highest BCUT2D eigenvalue weighted by Crippen LogP contribution is 2.24. The van der Waals surface area contributed by atoms with Crippen LogP contribution in [-0.4, -0.2) is 48.3 Å². The molecule has 1 rings (SSSR count). The Kier molecular flexibility index (Phi) is 3.09. The van der Waals surface area contributed by atoms with Crippen molar-refractivity contribution in [1.29, 1.82) is 0 Å². The highest BCUT2D eigenvalue weighted by Gasteiger charge is 2.42. The van der Waals surface area contributed by atoms with Crippen LogP contribution in [0, 0.1) is 0 Å². The van der Waals surface area contributed by atoms with E-state index in [0.717, 1.165) is 0 Å². The number of nitrogens with zero attached hydrogens (tertiary/aromatic N) is 1. The van der Waals surface area contributed by atoms with Crippen LogP contribution < -0.4 is 5.14 Å². The van der Waals surface area contributed by atoms with Crippen molar-refractivity contribution in [1.82, 2.24) is 4.90 Å². The summed E-state index contributed by atoms with van der Waals surface area (Å²) in [6.07, 6.45) is -0.0950. The molecule has 1 atom stereocenters. The summed E-state index contributed by atoms with van der Waals surface area (Å²) in [5.74, 6) is -0.284. The number of carbonyl (C=O) groups excluding carboxylic acids is 1. The first-order valence-electron chi connectivity index (χ1n) is 4.61. The van der Waals surface area contributed by atoms with Crippen LogP contribution in [0.5, 0.6) is 0 Å². The van der Waals surface area contributed by atoms with Gasteiger partial charge in [0.15, 0.2) is 0 Å². The van der Waals surface area contributed by atoms with Crippen molar-refractivity contribution in [2.45, 2.75) is 31.1 Å². The standard InChI is InChI=1S/C8H16N2O4S/c1-8(2,5-11)10-4-6(3-7(10)12)15(9,13)14/h6,11H,3-5H2,1-2H3,(H2,9,13,14). The van der Waals surface area contributed by atoms with Gasteiger partial charge in [-0.2, -0.15) is 0 Å². The molecule has 3 N–H and O–H groups in total. The summed E-state index contributed by atoms with van der Waals surface area (Å²) in [7, 11) is -3.68. The molecule has 0 aromatic heterocycles. The summed E-state index contributed by atoms with van der Waals surface area (Å²) in [4.78, 5) is 12.9. The van der Waals surface area contributed by atoms with Crippen LogP contribution in [0.3, 0.4) is 0 Å². The van der Waals surface area contributed by atoms with Gasteiger partial charge < -0.3 is 10.0 Å². The minimum Gasteiger partial charge on any atom is -0.394 e. The summed E-state index contributed by atoms with van der Waals surface area (Å²) in [5, 5.41) is 13.2. The van der Waals surface area contributed by atoms with Crippen LogP contribution in [0.4, 0.5) is 0 Å². The predicted octanol–water partition coefficient (Wildman–Crippen LogP) is -1.35. The topological polar surface area (TPSA) is 101 Å². The zero-order chi connectivity index (χ0) is 11.9. The number of hydrogen-bond acceptors (Lipinski definition) is 4. The highest BCUT2D eigenvalue weighted by molar-refractivity contribution is 7.89. The van der Waals surface area contributed by atoms with Gasteiger partial charge in [0.1, 0.15) is 5.25 Å². The third kappa shape index (κ3) is 2.47. The van der Waals surface area contributed by atoms with Gasteiger partial charge in [-0.25, -0.2) is 13.6 Å². The summed E-state index contributed by atoms with van der Waals surface area (Å²) in [5.41, 5.74) is -0.740. The molecular formula is C8H16N2O4S. The molecule has 0 aromatic rings. The van der Waals surface area contributed by atoms with E-state index >= 15 is 0 Å². The zero-order valence-corrected chi connectivity index (χ0v) is 9.62. The van der Waals surface area contributed by atoms with Gasteiger partial charge >= 0.3 is 0 Å². The first-order chi connectivity index (χ1) is 6.68. The Morgan fingerprint density at radius 2 is 2.13 bits per heavy atom. The number of likely N-dealkylation sites (tertiary alicyclic amines) is 1. The Bertz CT molecular complexity index is 363. The number of aliphatic hydroxyl groups is 1. The minimum atomic E-state index is -3.68. The third-order valence-corrected chi connectivity index (χ3v) is 3.92. The van der Waals surface area contributed by atoms with E-state index in [2.05, 4.69) is 0 Å². The molecule has 0 aliphatic carbocycles. The average molecular weight is 236 g/mol. The van der Waals surface area contributed by atoms with E-state index in [0.29, 0.717) is 0 Å². The molecule has 0 bridgehead atoms. The summed E-state index contributed by atoms with van der Waals surface area (Å²) < 4.78 is 22.2. The number of aliphatic hydroxyl groups excluding tert-OH is 1. The van der Waals surface area contributed by atoms with E-state index in [1.807, 2.05) is 0 Å². The van der Waals surface area contributed by atoms with Gasteiger partial charge in [0.05, 0.1) is 12.1 Å². The second-order valence-electron chi connectivity index (χ2n) is 4.39. The number of amides is 1. The van der Waals surface area contributed by atoms with Crippen molar-refractivity contribution in [3.63, 3.8) is 0 Å². The average Bonchev–Trinajstić information content (AvgIpc) is 2.47. The maximum Gasteiger partial charge on any atom is 0.224 e. The normalized spacial score (nSPS) is 23.6. The molecule has 1 heterocycles. The minimum absolute atomic E-state index is 0.0607. The van der Waals surface area contributed by atoms with Crippen molar-refractivity contribution in [2.24, 2.45) is 5.14 Å². The Morgan fingerprint density at radius 1 is 1.60 bits per heavy atom. The number of hydrogen-bond donors (Lipinski definition) is 2. The Labute approximate surface area is 89.1 Å². The first-order valence-corrected chi connectivity index (χ1v) is 6.22. The Morgan fingerprint density at radius 3 is 2.47 bits per heavy atom. The van der Waals surface area contributed by atoms with Crippen LogP contribution in [0.15, 0.2) is 0 Å². The predicted molar refractivity (Wildman–Crippen MR) is 54.4 cm³/mol. The second kappa shape index (κ2) is 3.73. The fourth-order valence-electron chi connectivity index (χ4n) is 1.57. The molecule has 0 saturated carbocycles. The molecule has 1 saturated heterocycles. The summed E-state index contributed by atoms with van der Waals surface area (Å²) in [6, 6.07) is 0. The lowest BCUT2D eigenvalue weighted by Crippen LogP contribution is -2.48. The van der Waals surface area contributed by atoms with Crippen LogP contribution in [-0.2, 0) is 14.8 Å². The monoisotopic (exact) mass is 236 g/mol. The molecule has 1 unspecified atom stereocenters. The van der Waals surface area contributed by atoms with E-state index in [-0.39, 0.29) is 25.5 Å². The fourth-order valence-corrected chi connectivity index (χ4v) is 2.30. The van der Waals surface area contributed by atoms with E-state index in [4.69, 9.17) is 10.2 Å². The van der Waals surface area contributed by atoms with E-state index in [1.54, 1.807) is 13.8 Å². The molecule has 88 valence electrons. The maximum absolute atomic E-state index is 11.5. The molecule has 1 amide bonds. The summed E-state index contributed by atoms with van der Waals surface area (Å²) >= 11 is 0. The quantitative estimate of drug-likeness (QED) is 0.632. The van der Waals surface area contributed by atoms with Crippen molar-refractivity contribution in [3.05, 3.63) is 0 Å². The third-order valence-electron chi connectivity index (χ3n) is 2.67. The maximum atomic E-state index is 11.5. The molecule has 7 heteroatoms. The molecule has 1 aliphatic rings. The van der Waals surface area contributed by atoms with Gasteiger partial charge in [0.25, 0.3) is 0 Å². The molecule has 0 spiro atoms. The van der Waals surface area contributed by atoms with Crippen LogP contribution in [0.25, 0.3) is 0 Å². The number of nitrogens with two attached hydrogens (primary N) is 1. The largest absolute Gasteiger partial charge is 0.394 e. The van der Waals surface area contributed by atoms with Crippen LogP contribution in [0.2, 0.25) is 0 Å². The smallest absolute Gasteiger partial charge is 0.224 e. The fraction of sp³-hybridized carbons (Fsp3) is 0.875. The summed E-state index contributed by atoms with van der Waals surface area (Å²) in [6.45, 7) is 3.20. The molecule has 1 aliphatic heterocycles. The van der Waals surface area contributed by atoms with Crippen molar-refractivity contribution < 1.29 is 18.3 Å². The Hall–Kier alpha value is -0.660. The first kappa shape index (κ1) is 12.4. The van der Waals surface area contributed by atoms with Crippen molar-refractivity contribution in [3.8, 4) is 0 Å². The molecule has 0 aromatic carbocycles. The molecule has 15 heavy (non-hydrogen) atoms. The Balaban J connectivity index is 2.87. The number of primary sulfonamides is 1. The number of sulfonamides is 1. The van der Waals surface area contributed by atoms with Gasteiger partial charge in [0.2, 0.25) is 15.9 Å². The lowest BCUT2D eigenvalue weighted by Gasteiger charge is -2.33. The molecule has 0 radical (unpaired) electrons. The van der Waals surface area contributed by atoms with Crippen LogP contribution in [0.1, 0.15) is 20.3 Å². The van der Waals surface area contributed by atoms with Gasteiger partial charge in [0, 0.05) is 13.0 Å². The van der Waals surface area contributed by atoms with Crippen molar-refractivity contribution >= 4 is 15.9 Å². The molecule has 6 nitrogen and oxygen atoms in total. The SMILES string of the molecule is CC(C)(CO)N1CC(S(N)(=O)=O)CC1=O. The van der Waals surface area contributed by atoms with Crippen molar-refractivity contribution in [2.75, 3.05) is 13.2 Å². The van der Waals surface area contributed by atoms with Gasteiger partial charge in [-0.3, -0.25) is 4.79 Å². The zero-order valence-electron chi connectivity index (χ0n) is 8.80. The number of carbonyl (C=O) groups is 1. The molecular weight excluding hydrogens is 220 g/mol. The highest BCUT2D eigenvalue weighted by atomic mass is 32.2. The van der Waals surface area contributed by atoms with Crippen LogP contribution >= 0.6 is 0 Å². The number of rotatable bonds is 3. The van der Waals surface area contributed by atoms with Gasteiger partial charge in [-0.1, -0.05) is 0 Å².